The first-order valence-corrected chi connectivity index (χ1v) is 6.63. The minimum atomic E-state index is -1.74. The van der Waals surface area contributed by atoms with Gasteiger partial charge in [-0.1, -0.05) is 0 Å². The molecule has 0 aromatic heterocycles. The van der Waals surface area contributed by atoms with E-state index in [1.165, 1.54) is 0 Å². The van der Waals surface area contributed by atoms with Crippen molar-refractivity contribution in [2.75, 3.05) is 14.1 Å². The molecule has 6 unspecified atom stereocenters. The zero-order valence-corrected chi connectivity index (χ0v) is 9.98. The Kier molecular flexibility index (Phi) is 3.17. The highest BCUT2D eigenvalue weighted by atomic mass is 32.2. The second-order valence-corrected chi connectivity index (χ2v) is 6.15. The summed E-state index contributed by atoms with van der Waals surface area (Å²) in [6.07, 6.45) is 2.36. The lowest BCUT2D eigenvalue weighted by atomic mass is 9.65. The summed E-state index contributed by atoms with van der Waals surface area (Å²) in [7, 11) is 3.87. The van der Waals surface area contributed by atoms with Crippen LogP contribution in [0.3, 0.4) is 0 Å². The van der Waals surface area contributed by atoms with Gasteiger partial charge in [0.25, 0.3) is 0 Å². The van der Waals surface area contributed by atoms with E-state index >= 15 is 0 Å². The maximum atomic E-state index is 11.2. The molecule has 0 aromatic carbocycles. The first kappa shape index (κ1) is 11.5. The number of hydrogen-bond acceptors (Lipinski definition) is 3. The molecule has 0 aromatic rings. The van der Waals surface area contributed by atoms with Gasteiger partial charge in [0, 0.05) is 6.04 Å². The van der Waals surface area contributed by atoms with E-state index in [2.05, 4.69) is 0 Å². The van der Waals surface area contributed by atoms with Crippen molar-refractivity contribution in [1.29, 1.82) is 0 Å². The average Bonchev–Trinajstić information content (AvgIpc) is 2.17. The molecule has 3 rings (SSSR count). The van der Waals surface area contributed by atoms with E-state index in [1.807, 2.05) is 19.0 Å². The highest BCUT2D eigenvalue weighted by Crippen LogP contribution is 2.44. The molecule has 0 spiro atoms. The van der Waals surface area contributed by atoms with E-state index in [0.717, 1.165) is 12.8 Å². The van der Waals surface area contributed by atoms with E-state index < -0.39 is 11.1 Å². The zero-order chi connectivity index (χ0) is 11.2. The Bertz CT molecular complexity index is 271. The summed E-state index contributed by atoms with van der Waals surface area (Å²) in [4.78, 5) is 2.00. The SMILES string of the molecule is CN(C)C1C(O)C2CCC1C(S(=O)O)C2. The largest absolute Gasteiger partial charge is 0.391 e. The molecule has 3 aliphatic carbocycles. The Morgan fingerprint density at radius 1 is 1.33 bits per heavy atom. The number of aliphatic hydroxyl groups is 1. The number of hydrogen-bond donors (Lipinski definition) is 2. The van der Waals surface area contributed by atoms with Gasteiger partial charge in [-0.3, -0.25) is 0 Å². The molecule has 0 radical (unpaired) electrons. The maximum absolute atomic E-state index is 11.2. The number of nitrogens with zero attached hydrogens (tertiary/aromatic N) is 1. The van der Waals surface area contributed by atoms with Gasteiger partial charge in [-0.2, -0.15) is 0 Å². The Morgan fingerprint density at radius 2 is 2.00 bits per heavy atom. The smallest absolute Gasteiger partial charge is 0.156 e. The minimum Gasteiger partial charge on any atom is -0.391 e. The highest BCUT2D eigenvalue weighted by Gasteiger charge is 2.50. The highest BCUT2D eigenvalue weighted by molar-refractivity contribution is 7.79. The molecule has 0 aliphatic heterocycles. The van der Waals surface area contributed by atoms with Crippen LogP contribution >= 0.6 is 0 Å². The molecule has 5 heteroatoms. The molecule has 0 amide bonds. The summed E-state index contributed by atoms with van der Waals surface area (Å²) in [6, 6.07) is 0.0543. The van der Waals surface area contributed by atoms with Crippen molar-refractivity contribution in [3.63, 3.8) is 0 Å². The molecule has 88 valence electrons. The third-order valence-corrected chi connectivity index (χ3v) is 5.07. The monoisotopic (exact) mass is 233 g/mol. The second-order valence-electron chi connectivity index (χ2n) is 5.00. The van der Waals surface area contributed by atoms with Gasteiger partial charge in [-0.25, -0.2) is 4.21 Å². The molecule has 4 nitrogen and oxygen atoms in total. The molecule has 3 saturated carbocycles. The average molecular weight is 233 g/mol. The fraction of sp³-hybridized carbons (Fsp3) is 1.00. The fourth-order valence-electron chi connectivity index (χ4n) is 3.34. The number of fused-ring (bicyclic) bond motifs is 3. The Hall–Kier alpha value is 0.0300. The Balaban J connectivity index is 2.22. The van der Waals surface area contributed by atoms with Crippen LogP contribution in [0.4, 0.5) is 0 Å². The zero-order valence-electron chi connectivity index (χ0n) is 9.17. The molecule has 0 saturated heterocycles. The second kappa shape index (κ2) is 4.13. The van der Waals surface area contributed by atoms with Gasteiger partial charge >= 0.3 is 0 Å². The van der Waals surface area contributed by atoms with Crippen molar-refractivity contribution >= 4 is 11.1 Å². The molecular formula is C10H19NO3S. The van der Waals surface area contributed by atoms with E-state index in [1.54, 1.807) is 0 Å². The Labute approximate surface area is 92.9 Å². The van der Waals surface area contributed by atoms with Gasteiger partial charge in [0.1, 0.15) is 0 Å². The lowest BCUT2D eigenvalue weighted by molar-refractivity contribution is -0.0653. The predicted molar refractivity (Wildman–Crippen MR) is 58.9 cm³/mol. The quantitative estimate of drug-likeness (QED) is 0.673. The first-order valence-electron chi connectivity index (χ1n) is 5.46. The van der Waals surface area contributed by atoms with E-state index in [9.17, 15) is 13.9 Å². The van der Waals surface area contributed by atoms with Gasteiger partial charge in [0.05, 0.1) is 11.4 Å². The molecule has 15 heavy (non-hydrogen) atoms. The predicted octanol–water partition coefficient (Wildman–Crippen LogP) is 0.298. The minimum absolute atomic E-state index is 0.0543. The lowest BCUT2D eigenvalue weighted by Gasteiger charge is -2.51. The topological polar surface area (TPSA) is 60.8 Å². The molecule has 2 N–H and O–H groups in total. The molecule has 2 bridgehead atoms. The van der Waals surface area contributed by atoms with Gasteiger partial charge in [0.2, 0.25) is 0 Å². The fourth-order valence-corrected chi connectivity index (χ4v) is 4.34. The van der Waals surface area contributed by atoms with Crippen LogP contribution in [0, 0.1) is 11.8 Å². The van der Waals surface area contributed by atoms with Crippen molar-refractivity contribution in [2.45, 2.75) is 36.7 Å². The van der Waals surface area contributed by atoms with E-state index in [-0.39, 0.29) is 29.2 Å². The van der Waals surface area contributed by atoms with Crippen molar-refractivity contribution in [3.8, 4) is 0 Å². The summed E-state index contributed by atoms with van der Waals surface area (Å²) >= 11 is -1.74. The molecule has 6 atom stereocenters. The number of rotatable bonds is 2. The van der Waals surface area contributed by atoms with Crippen molar-refractivity contribution in [1.82, 2.24) is 4.90 Å². The van der Waals surface area contributed by atoms with Crippen molar-refractivity contribution in [2.24, 2.45) is 11.8 Å². The molecular weight excluding hydrogens is 214 g/mol. The third-order valence-electron chi connectivity index (χ3n) is 4.01. The molecule has 0 heterocycles. The van der Waals surface area contributed by atoms with Crippen LogP contribution in [0.15, 0.2) is 0 Å². The number of likely N-dealkylation sites (N-methyl/N-ethyl adjacent to an activating group) is 1. The normalized spacial score (nSPS) is 47.1. The van der Waals surface area contributed by atoms with Crippen molar-refractivity contribution in [3.05, 3.63) is 0 Å². The van der Waals surface area contributed by atoms with Crippen LogP contribution < -0.4 is 0 Å². The summed E-state index contributed by atoms with van der Waals surface area (Å²) in [5, 5.41) is 9.97. The van der Waals surface area contributed by atoms with E-state index in [0.29, 0.717) is 6.42 Å². The van der Waals surface area contributed by atoms with Crippen LogP contribution in [0.5, 0.6) is 0 Å². The summed E-state index contributed by atoms with van der Waals surface area (Å²) in [6.45, 7) is 0. The van der Waals surface area contributed by atoms with Crippen LogP contribution in [-0.4, -0.2) is 50.3 Å². The Morgan fingerprint density at radius 3 is 2.53 bits per heavy atom. The summed E-state index contributed by atoms with van der Waals surface area (Å²) < 4.78 is 20.5. The van der Waals surface area contributed by atoms with Gasteiger partial charge < -0.3 is 14.6 Å². The van der Waals surface area contributed by atoms with E-state index in [4.69, 9.17) is 0 Å². The third kappa shape index (κ3) is 1.86. The maximum Gasteiger partial charge on any atom is 0.156 e. The molecule has 3 aliphatic rings. The summed E-state index contributed by atoms with van der Waals surface area (Å²) in [5.41, 5.74) is 0. The van der Waals surface area contributed by atoms with Crippen LogP contribution in [-0.2, 0) is 11.1 Å². The lowest BCUT2D eigenvalue weighted by Crippen LogP contribution is -2.60. The van der Waals surface area contributed by atoms with Crippen molar-refractivity contribution < 1.29 is 13.9 Å². The van der Waals surface area contributed by atoms with Gasteiger partial charge in [0.15, 0.2) is 11.1 Å². The van der Waals surface area contributed by atoms with Crippen LogP contribution in [0.25, 0.3) is 0 Å². The van der Waals surface area contributed by atoms with Gasteiger partial charge in [-0.05, 0) is 45.2 Å². The standard InChI is InChI=1S/C10H19NO3S/c1-11(2)9-7-4-3-6(10(9)12)5-8(7)15(13)14/h6-10,12H,3-5H2,1-2H3,(H,13,14). The first-order chi connectivity index (χ1) is 7.02. The van der Waals surface area contributed by atoms with Crippen LogP contribution in [0.2, 0.25) is 0 Å². The molecule has 3 fully saturated rings. The van der Waals surface area contributed by atoms with Gasteiger partial charge in [-0.15, -0.1) is 0 Å². The number of aliphatic hydroxyl groups excluding tert-OH is 1. The van der Waals surface area contributed by atoms with Crippen LogP contribution in [0.1, 0.15) is 19.3 Å². The summed E-state index contributed by atoms with van der Waals surface area (Å²) in [5.74, 6) is 0.384.